The Morgan fingerprint density at radius 2 is 1.95 bits per heavy atom. The van der Waals surface area contributed by atoms with Crippen LogP contribution in [0.3, 0.4) is 0 Å². The van der Waals surface area contributed by atoms with Gasteiger partial charge in [-0.15, -0.1) is 0 Å². The molecular formula is C15H23N3O2. The molecule has 1 aromatic carbocycles. The summed E-state index contributed by atoms with van der Waals surface area (Å²) in [7, 11) is 0. The third-order valence-corrected chi connectivity index (χ3v) is 3.23. The van der Waals surface area contributed by atoms with Gasteiger partial charge >= 0.3 is 0 Å². The lowest BCUT2D eigenvalue weighted by Gasteiger charge is -2.26. The summed E-state index contributed by atoms with van der Waals surface area (Å²) < 4.78 is 0. The summed E-state index contributed by atoms with van der Waals surface area (Å²) in [6.45, 7) is 6.41. The second kappa shape index (κ2) is 7.53. The Morgan fingerprint density at radius 3 is 2.40 bits per heavy atom. The van der Waals surface area contributed by atoms with E-state index in [1.807, 2.05) is 38.1 Å². The lowest BCUT2D eigenvalue weighted by molar-refractivity contribution is 0.0711. The smallest absolute Gasteiger partial charge is 0.254 e. The molecule has 1 amide bonds. The molecule has 0 radical (unpaired) electrons. The van der Waals surface area contributed by atoms with Crippen LogP contribution in [0.5, 0.6) is 0 Å². The van der Waals surface area contributed by atoms with E-state index >= 15 is 0 Å². The van der Waals surface area contributed by atoms with Crippen LogP contribution >= 0.6 is 0 Å². The van der Waals surface area contributed by atoms with E-state index < -0.39 is 0 Å². The number of hydrogen-bond acceptors (Lipinski definition) is 3. The Bertz CT molecular complexity index is 467. The summed E-state index contributed by atoms with van der Waals surface area (Å²) >= 11 is 0. The minimum Gasteiger partial charge on any atom is -0.409 e. The number of hydrogen-bond donors (Lipinski definition) is 2. The molecule has 5 nitrogen and oxygen atoms in total. The molecule has 1 aromatic rings. The van der Waals surface area contributed by atoms with Crippen LogP contribution in [-0.2, 0) is 6.42 Å². The van der Waals surface area contributed by atoms with Gasteiger partial charge in [-0.25, -0.2) is 0 Å². The molecule has 20 heavy (non-hydrogen) atoms. The lowest BCUT2D eigenvalue weighted by atomic mass is 10.1. The summed E-state index contributed by atoms with van der Waals surface area (Å²) in [4.78, 5) is 14.2. The van der Waals surface area contributed by atoms with Gasteiger partial charge in [-0.3, -0.25) is 4.79 Å². The summed E-state index contributed by atoms with van der Waals surface area (Å²) in [6, 6.07) is 7.69. The fourth-order valence-electron chi connectivity index (χ4n) is 1.93. The van der Waals surface area contributed by atoms with Crippen molar-refractivity contribution in [2.45, 2.75) is 39.7 Å². The van der Waals surface area contributed by atoms with Gasteiger partial charge in [0.2, 0.25) is 0 Å². The van der Waals surface area contributed by atoms with Crippen LogP contribution in [0.25, 0.3) is 0 Å². The minimum atomic E-state index is -0.0339. The molecule has 0 aliphatic carbocycles. The zero-order chi connectivity index (χ0) is 15.1. The van der Waals surface area contributed by atoms with Crippen molar-refractivity contribution in [2.75, 3.05) is 6.54 Å². The van der Waals surface area contributed by atoms with Crippen molar-refractivity contribution in [1.82, 2.24) is 4.90 Å². The maximum Gasteiger partial charge on any atom is 0.254 e. The number of amides is 1. The van der Waals surface area contributed by atoms with E-state index in [9.17, 15) is 4.79 Å². The normalized spacial score (nSPS) is 11.7. The molecule has 0 spiro atoms. The van der Waals surface area contributed by atoms with Gasteiger partial charge in [-0.1, -0.05) is 24.2 Å². The first kappa shape index (κ1) is 16.0. The minimum absolute atomic E-state index is 0.0339. The highest BCUT2D eigenvalue weighted by Crippen LogP contribution is 2.11. The van der Waals surface area contributed by atoms with Crippen LogP contribution in [0.1, 0.15) is 43.1 Å². The molecule has 0 aromatic heterocycles. The third kappa shape index (κ3) is 4.26. The summed E-state index contributed by atoms with van der Waals surface area (Å²) in [5.41, 5.74) is 7.33. The molecule has 1 rings (SSSR count). The van der Waals surface area contributed by atoms with Crippen LogP contribution in [0.4, 0.5) is 0 Å². The number of carbonyl (C=O) groups is 1. The SMILES string of the molecule is CCc1ccc(C(=O)N(CCC(N)=NO)C(C)C)cc1. The number of oxime groups is 1. The zero-order valence-corrected chi connectivity index (χ0v) is 12.3. The number of aryl methyl sites for hydroxylation is 1. The maximum atomic E-state index is 12.5. The van der Waals surface area contributed by atoms with Crippen molar-refractivity contribution in [3.63, 3.8) is 0 Å². The number of amidine groups is 1. The number of benzene rings is 1. The van der Waals surface area contributed by atoms with Gasteiger partial charge in [0.25, 0.3) is 5.91 Å². The van der Waals surface area contributed by atoms with Crippen molar-refractivity contribution in [3.05, 3.63) is 35.4 Å². The Hall–Kier alpha value is -2.04. The molecule has 5 heteroatoms. The lowest BCUT2D eigenvalue weighted by Crippen LogP contribution is -2.39. The molecule has 0 saturated carbocycles. The average molecular weight is 277 g/mol. The van der Waals surface area contributed by atoms with Gasteiger partial charge < -0.3 is 15.8 Å². The zero-order valence-electron chi connectivity index (χ0n) is 12.3. The predicted molar refractivity (Wildman–Crippen MR) is 80.0 cm³/mol. The van der Waals surface area contributed by atoms with Crippen molar-refractivity contribution in [2.24, 2.45) is 10.9 Å². The molecule has 0 fully saturated rings. The number of rotatable bonds is 6. The van der Waals surface area contributed by atoms with Crippen LogP contribution < -0.4 is 5.73 Å². The van der Waals surface area contributed by atoms with Gasteiger partial charge in [-0.05, 0) is 38.0 Å². The summed E-state index contributed by atoms with van der Waals surface area (Å²) in [5, 5.41) is 11.5. The van der Waals surface area contributed by atoms with Gasteiger partial charge in [0.15, 0.2) is 0 Å². The van der Waals surface area contributed by atoms with Gasteiger partial charge in [0, 0.05) is 24.6 Å². The van der Waals surface area contributed by atoms with E-state index in [1.165, 1.54) is 5.56 Å². The number of nitrogens with two attached hydrogens (primary N) is 1. The molecule has 0 atom stereocenters. The largest absolute Gasteiger partial charge is 0.409 e. The first-order valence-corrected chi connectivity index (χ1v) is 6.85. The van der Waals surface area contributed by atoms with Crippen molar-refractivity contribution < 1.29 is 10.0 Å². The van der Waals surface area contributed by atoms with Gasteiger partial charge in [0.1, 0.15) is 5.84 Å². The second-order valence-corrected chi connectivity index (χ2v) is 4.98. The van der Waals surface area contributed by atoms with E-state index in [0.717, 1.165) is 6.42 Å². The fourth-order valence-corrected chi connectivity index (χ4v) is 1.93. The van der Waals surface area contributed by atoms with E-state index in [2.05, 4.69) is 12.1 Å². The van der Waals surface area contributed by atoms with Crippen LogP contribution in [0.15, 0.2) is 29.4 Å². The van der Waals surface area contributed by atoms with Crippen molar-refractivity contribution in [3.8, 4) is 0 Å². The van der Waals surface area contributed by atoms with Crippen LogP contribution in [-0.4, -0.2) is 34.4 Å². The highest BCUT2D eigenvalue weighted by molar-refractivity contribution is 5.94. The molecule has 0 bridgehead atoms. The molecule has 110 valence electrons. The van der Waals surface area contributed by atoms with Gasteiger partial charge in [0.05, 0.1) is 0 Å². The molecule has 0 aliphatic rings. The monoisotopic (exact) mass is 277 g/mol. The molecular weight excluding hydrogens is 254 g/mol. The van der Waals surface area contributed by atoms with E-state index in [0.29, 0.717) is 18.5 Å². The van der Waals surface area contributed by atoms with Crippen LogP contribution in [0, 0.1) is 0 Å². The van der Waals surface area contributed by atoms with Crippen LogP contribution in [0.2, 0.25) is 0 Å². The van der Waals surface area contributed by atoms with Crippen molar-refractivity contribution >= 4 is 11.7 Å². The highest BCUT2D eigenvalue weighted by atomic mass is 16.4. The predicted octanol–water partition coefficient (Wildman–Crippen LogP) is 2.24. The summed E-state index contributed by atoms with van der Waals surface area (Å²) in [6.07, 6.45) is 1.30. The first-order valence-electron chi connectivity index (χ1n) is 6.85. The summed E-state index contributed by atoms with van der Waals surface area (Å²) in [5.74, 6) is 0.0955. The first-order chi connectivity index (χ1) is 9.49. The standard InChI is InChI=1S/C15H23N3O2/c1-4-12-5-7-13(8-6-12)15(19)18(11(2)3)10-9-14(16)17-20/h5-8,11,20H,4,9-10H2,1-3H3,(H2,16,17). The van der Waals surface area contributed by atoms with E-state index in [1.54, 1.807) is 4.90 Å². The van der Waals surface area contributed by atoms with E-state index in [-0.39, 0.29) is 17.8 Å². The molecule has 0 saturated heterocycles. The average Bonchev–Trinajstić information content (AvgIpc) is 2.46. The molecule has 0 aliphatic heterocycles. The third-order valence-electron chi connectivity index (χ3n) is 3.23. The Balaban J connectivity index is 2.82. The molecule has 3 N–H and O–H groups in total. The molecule has 0 heterocycles. The van der Waals surface area contributed by atoms with Crippen molar-refractivity contribution in [1.29, 1.82) is 0 Å². The quantitative estimate of drug-likeness (QED) is 0.362. The topological polar surface area (TPSA) is 78.9 Å². The van der Waals surface area contributed by atoms with E-state index in [4.69, 9.17) is 10.9 Å². The highest BCUT2D eigenvalue weighted by Gasteiger charge is 2.18. The fraction of sp³-hybridized carbons (Fsp3) is 0.467. The Morgan fingerprint density at radius 1 is 1.35 bits per heavy atom. The Kier molecular flexibility index (Phi) is 6.03. The second-order valence-electron chi connectivity index (χ2n) is 4.98. The number of nitrogens with zero attached hydrogens (tertiary/aromatic N) is 2. The number of carbonyl (C=O) groups excluding carboxylic acids is 1. The van der Waals surface area contributed by atoms with Gasteiger partial charge in [-0.2, -0.15) is 0 Å². The maximum absolute atomic E-state index is 12.5. The molecule has 0 unspecified atom stereocenters. The Labute approximate surface area is 120 Å².